The highest BCUT2D eigenvalue weighted by atomic mass is 79.9. The highest BCUT2D eigenvalue weighted by Gasteiger charge is 2.11. The number of hydrogen-bond acceptors (Lipinski definition) is 0. The molecule has 0 aromatic heterocycles. The van der Waals surface area contributed by atoms with Crippen molar-refractivity contribution in [1.29, 1.82) is 0 Å². The Labute approximate surface area is 165 Å². The Bertz CT molecular complexity index is 1520. The molecule has 0 nitrogen and oxygen atoms in total. The predicted molar refractivity (Wildman–Crippen MR) is 122 cm³/mol. The predicted octanol–water partition coefficient (Wildman–Crippen LogP) is 8.22. The van der Waals surface area contributed by atoms with Crippen LogP contribution in [0.4, 0.5) is 0 Å². The van der Waals surface area contributed by atoms with E-state index in [1.807, 2.05) is 0 Å². The zero-order chi connectivity index (χ0) is 18.0. The third kappa shape index (κ3) is 2.15. The van der Waals surface area contributed by atoms with E-state index in [9.17, 15) is 0 Å². The molecule has 0 bridgehead atoms. The molecule has 0 saturated carbocycles. The van der Waals surface area contributed by atoms with Gasteiger partial charge in [0, 0.05) is 4.47 Å². The van der Waals surface area contributed by atoms with Gasteiger partial charge in [-0.15, -0.1) is 0 Å². The molecule has 0 spiro atoms. The maximum Gasteiger partial charge on any atom is 0.0181 e. The largest absolute Gasteiger partial charge is 0.0616 e. The first-order valence-electron chi connectivity index (χ1n) is 9.15. The van der Waals surface area contributed by atoms with Gasteiger partial charge >= 0.3 is 0 Å². The van der Waals surface area contributed by atoms with Gasteiger partial charge in [0.15, 0.2) is 0 Å². The lowest BCUT2D eigenvalue weighted by atomic mass is 9.91. The summed E-state index contributed by atoms with van der Waals surface area (Å²) in [5, 5.41) is 13.1. The minimum absolute atomic E-state index is 1.12. The second-order valence-electron chi connectivity index (χ2n) is 7.14. The van der Waals surface area contributed by atoms with E-state index in [1.54, 1.807) is 0 Å². The molecule has 6 aromatic rings. The summed E-state index contributed by atoms with van der Waals surface area (Å²) >= 11 is 3.62. The van der Waals surface area contributed by atoms with Crippen LogP contribution in [0, 0.1) is 0 Å². The van der Waals surface area contributed by atoms with Gasteiger partial charge < -0.3 is 0 Å². The van der Waals surface area contributed by atoms with Gasteiger partial charge in [0.05, 0.1) is 0 Å². The number of benzene rings is 6. The van der Waals surface area contributed by atoms with Crippen LogP contribution in [-0.2, 0) is 0 Å². The average molecular weight is 407 g/mol. The van der Waals surface area contributed by atoms with Crippen molar-refractivity contribution in [2.24, 2.45) is 0 Å². The lowest BCUT2D eigenvalue weighted by molar-refractivity contribution is 1.73. The van der Waals surface area contributed by atoms with Crippen LogP contribution < -0.4 is 0 Å². The molecule has 6 aromatic carbocycles. The van der Waals surface area contributed by atoms with Crippen LogP contribution in [-0.4, -0.2) is 0 Å². The Morgan fingerprint density at radius 3 is 1.63 bits per heavy atom. The molecule has 6 rings (SSSR count). The van der Waals surface area contributed by atoms with Gasteiger partial charge in [0.1, 0.15) is 0 Å². The molecular weight excluding hydrogens is 392 g/mol. The Kier molecular flexibility index (Phi) is 3.12. The molecule has 1 heteroatoms. The van der Waals surface area contributed by atoms with E-state index in [1.165, 1.54) is 53.9 Å². The molecule has 0 amide bonds. The van der Waals surface area contributed by atoms with E-state index in [4.69, 9.17) is 0 Å². The van der Waals surface area contributed by atoms with Gasteiger partial charge in [0.25, 0.3) is 0 Å². The Hall–Kier alpha value is -2.90. The third-order valence-electron chi connectivity index (χ3n) is 5.65. The van der Waals surface area contributed by atoms with Gasteiger partial charge in [-0.2, -0.15) is 0 Å². The van der Waals surface area contributed by atoms with Gasteiger partial charge in [-0.25, -0.2) is 0 Å². The molecule has 0 saturated heterocycles. The van der Waals surface area contributed by atoms with Gasteiger partial charge in [-0.05, 0) is 66.0 Å². The van der Waals surface area contributed by atoms with Crippen LogP contribution in [0.15, 0.2) is 95.5 Å². The van der Waals surface area contributed by atoms with Crippen molar-refractivity contribution in [2.75, 3.05) is 0 Å². The minimum Gasteiger partial charge on any atom is -0.0616 e. The molecule has 0 N–H and O–H groups in total. The van der Waals surface area contributed by atoms with Crippen LogP contribution in [0.25, 0.3) is 53.9 Å². The lowest BCUT2D eigenvalue weighted by Crippen LogP contribution is -1.85. The van der Waals surface area contributed by atoms with E-state index in [0.29, 0.717) is 0 Å². The minimum atomic E-state index is 1.12. The Morgan fingerprint density at radius 1 is 0.407 bits per heavy atom. The number of halogens is 1. The molecule has 0 atom stereocenters. The normalized spacial score (nSPS) is 11.9. The van der Waals surface area contributed by atoms with Crippen molar-refractivity contribution in [3.05, 3.63) is 95.5 Å². The Morgan fingerprint density at radius 2 is 0.926 bits per heavy atom. The lowest BCUT2D eigenvalue weighted by Gasteiger charge is -2.13. The highest BCUT2D eigenvalue weighted by molar-refractivity contribution is 9.10. The monoisotopic (exact) mass is 406 g/mol. The smallest absolute Gasteiger partial charge is 0.0181 e. The topological polar surface area (TPSA) is 0 Å². The van der Waals surface area contributed by atoms with Crippen LogP contribution in [0.3, 0.4) is 0 Å². The van der Waals surface area contributed by atoms with Gasteiger partial charge in [-0.3, -0.25) is 0 Å². The van der Waals surface area contributed by atoms with Crippen molar-refractivity contribution in [3.8, 4) is 0 Å². The fourth-order valence-electron chi connectivity index (χ4n) is 4.44. The number of hydrogen-bond donors (Lipinski definition) is 0. The molecule has 0 aliphatic heterocycles. The van der Waals surface area contributed by atoms with Crippen molar-refractivity contribution in [1.82, 2.24) is 0 Å². The molecule has 0 heterocycles. The van der Waals surface area contributed by atoms with Crippen molar-refractivity contribution < 1.29 is 0 Å². The van der Waals surface area contributed by atoms with Crippen LogP contribution in [0.2, 0.25) is 0 Å². The first-order valence-corrected chi connectivity index (χ1v) is 9.94. The van der Waals surface area contributed by atoms with Crippen LogP contribution >= 0.6 is 15.9 Å². The van der Waals surface area contributed by atoms with E-state index >= 15 is 0 Å². The maximum absolute atomic E-state index is 3.62. The summed E-state index contributed by atoms with van der Waals surface area (Å²) in [7, 11) is 0. The van der Waals surface area contributed by atoms with Crippen molar-refractivity contribution in [3.63, 3.8) is 0 Å². The summed E-state index contributed by atoms with van der Waals surface area (Å²) in [6, 6.07) is 33.2. The van der Waals surface area contributed by atoms with Crippen molar-refractivity contribution in [2.45, 2.75) is 0 Å². The van der Waals surface area contributed by atoms with Gasteiger partial charge in [0.2, 0.25) is 0 Å². The SMILES string of the molecule is Brc1ccc2c(ccc3ccc4ccc5ccc6ccccc6c5c4c32)c1. The third-order valence-corrected chi connectivity index (χ3v) is 6.14. The molecular formula is C26H15Br. The highest BCUT2D eigenvalue weighted by Crippen LogP contribution is 2.39. The number of rotatable bonds is 0. The second-order valence-corrected chi connectivity index (χ2v) is 8.06. The zero-order valence-electron chi connectivity index (χ0n) is 14.5. The summed E-state index contributed by atoms with van der Waals surface area (Å²) in [6.07, 6.45) is 0. The van der Waals surface area contributed by atoms with E-state index in [-0.39, 0.29) is 0 Å². The van der Waals surface area contributed by atoms with Gasteiger partial charge in [-0.1, -0.05) is 94.8 Å². The summed E-state index contributed by atoms with van der Waals surface area (Å²) in [5.74, 6) is 0. The van der Waals surface area contributed by atoms with Crippen LogP contribution in [0.5, 0.6) is 0 Å². The van der Waals surface area contributed by atoms with E-state index in [2.05, 4.69) is 107 Å². The summed E-state index contributed by atoms with van der Waals surface area (Å²) in [6.45, 7) is 0. The van der Waals surface area contributed by atoms with Crippen LogP contribution in [0.1, 0.15) is 0 Å². The average Bonchev–Trinajstić information content (AvgIpc) is 2.72. The molecule has 0 aliphatic rings. The summed E-state index contributed by atoms with van der Waals surface area (Å²) < 4.78 is 1.12. The fourth-order valence-corrected chi connectivity index (χ4v) is 4.82. The second kappa shape index (κ2) is 5.55. The first kappa shape index (κ1) is 15.2. The molecule has 0 fully saturated rings. The molecule has 27 heavy (non-hydrogen) atoms. The molecule has 126 valence electrons. The van der Waals surface area contributed by atoms with E-state index in [0.717, 1.165) is 4.47 Å². The van der Waals surface area contributed by atoms with Crippen molar-refractivity contribution >= 4 is 69.8 Å². The molecule has 0 unspecified atom stereocenters. The molecule has 0 aliphatic carbocycles. The fraction of sp³-hybridized carbons (Fsp3) is 0. The van der Waals surface area contributed by atoms with E-state index < -0.39 is 0 Å². The number of fused-ring (bicyclic) bond motifs is 9. The summed E-state index contributed by atoms with van der Waals surface area (Å²) in [5.41, 5.74) is 0. The zero-order valence-corrected chi connectivity index (χ0v) is 16.1. The quantitative estimate of drug-likeness (QED) is 0.223. The first-order chi connectivity index (χ1) is 13.3. The molecule has 0 radical (unpaired) electrons. The summed E-state index contributed by atoms with van der Waals surface area (Å²) in [4.78, 5) is 0. The standard InChI is InChI=1S/C26H15Br/c27-21-13-14-23-20(15-21)12-11-18-8-10-19-9-7-17-6-5-16-3-1-2-4-22(16)24(17)26(19)25(18)23/h1-15H. The maximum atomic E-state index is 3.62. The Balaban J connectivity index is 2.00.